The molecule has 4 N–H and O–H groups in total. The average molecular weight is 531 g/mol. The number of aliphatic imine (C=N–C) groups is 1. The van der Waals surface area contributed by atoms with Crippen LogP contribution in [0.15, 0.2) is 35.3 Å². The Kier molecular flexibility index (Phi) is 7.49. The second-order valence-corrected chi connectivity index (χ2v) is 9.00. The first-order valence-electron chi connectivity index (χ1n) is 12.3. The first-order valence-corrected chi connectivity index (χ1v) is 12.3. The van der Waals surface area contributed by atoms with Crippen LogP contribution in [0.4, 0.5) is 19.5 Å². The number of anilines is 1. The van der Waals surface area contributed by atoms with Crippen LogP contribution in [0.25, 0.3) is 16.9 Å². The van der Waals surface area contributed by atoms with E-state index in [1.165, 1.54) is 4.57 Å². The van der Waals surface area contributed by atoms with E-state index in [1.807, 2.05) is 4.90 Å². The number of nitrogens with zero attached hydrogens (tertiary/aromatic N) is 6. The van der Waals surface area contributed by atoms with Crippen LogP contribution < -0.4 is 21.1 Å². The number of rotatable bonds is 6. The molecule has 38 heavy (non-hydrogen) atoms. The van der Waals surface area contributed by atoms with Crippen molar-refractivity contribution in [3.05, 3.63) is 36.2 Å². The molecule has 12 nitrogen and oxygen atoms in total. The normalized spacial score (nSPS) is 19.9. The van der Waals surface area contributed by atoms with Crippen molar-refractivity contribution >= 4 is 29.0 Å². The van der Waals surface area contributed by atoms with Gasteiger partial charge in [-0.25, -0.2) is 18.6 Å². The second-order valence-electron chi connectivity index (χ2n) is 9.00. The number of guanidine groups is 1. The quantitative estimate of drug-likeness (QED) is 0.359. The molecular weight excluding hydrogens is 502 g/mol. The number of amides is 1. The highest BCUT2D eigenvalue weighted by Crippen LogP contribution is 2.31. The van der Waals surface area contributed by atoms with Gasteiger partial charge < -0.3 is 30.6 Å². The minimum atomic E-state index is -2.81. The molecule has 2 fully saturated rings. The highest BCUT2D eigenvalue weighted by Gasteiger charge is 2.27. The van der Waals surface area contributed by atoms with Crippen LogP contribution in [0, 0.1) is 0 Å². The third-order valence-electron chi connectivity index (χ3n) is 6.38. The molecule has 3 heterocycles. The molecule has 3 aromatic rings. The van der Waals surface area contributed by atoms with Crippen LogP contribution in [0.3, 0.4) is 0 Å². The molecule has 0 radical (unpaired) electrons. The van der Waals surface area contributed by atoms with E-state index in [-0.39, 0.29) is 29.9 Å². The van der Waals surface area contributed by atoms with E-state index >= 15 is 0 Å². The number of para-hydroxylation sites is 2. The molecule has 202 valence electrons. The van der Waals surface area contributed by atoms with Gasteiger partial charge in [0.05, 0.1) is 24.2 Å². The average Bonchev–Trinajstić information content (AvgIpc) is 3.30. The van der Waals surface area contributed by atoms with Gasteiger partial charge in [0.15, 0.2) is 11.8 Å². The lowest BCUT2D eigenvalue weighted by Crippen LogP contribution is -2.37. The number of hydrogen-bond acceptors (Lipinski definition) is 8. The Morgan fingerprint density at radius 2 is 1.76 bits per heavy atom. The minimum absolute atomic E-state index is 0.220. The molecule has 0 atom stereocenters. The lowest BCUT2D eigenvalue weighted by Gasteiger charge is -2.29. The summed E-state index contributed by atoms with van der Waals surface area (Å²) >= 11 is 0. The Morgan fingerprint density at radius 1 is 1.05 bits per heavy atom. The van der Waals surface area contributed by atoms with Crippen LogP contribution in [0.5, 0.6) is 5.88 Å². The number of aromatic nitrogens is 4. The van der Waals surface area contributed by atoms with Crippen molar-refractivity contribution in [2.75, 3.05) is 31.2 Å². The maximum atomic E-state index is 14.0. The van der Waals surface area contributed by atoms with Gasteiger partial charge in [-0.05, 0) is 37.8 Å². The number of carbonyl (C=O) groups excluding carboxylic acids is 1. The number of alkyl halides is 2. The smallest absolute Gasteiger partial charge is 0.437 e. The van der Waals surface area contributed by atoms with Crippen molar-refractivity contribution in [2.24, 2.45) is 16.5 Å². The molecule has 2 aliphatic rings. The number of fused-ring (bicyclic) bond motifs is 1. The highest BCUT2D eigenvalue weighted by atomic mass is 19.3. The monoisotopic (exact) mass is 530 g/mol. The number of carbonyl (C=O) groups is 1. The fourth-order valence-electron chi connectivity index (χ4n) is 4.63. The Labute approximate surface area is 216 Å². The highest BCUT2D eigenvalue weighted by molar-refractivity contribution is 5.87. The van der Waals surface area contributed by atoms with Gasteiger partial charge in [-0.1, -0.05) is 12.1 Å². The summed E-state index contributed by atoms with van der Waals surface area (Å²) in [5.74, 6) is 0.0876. The number of morpholine rings is 1. The first-order chi connectivity index (χ1) is 18.4. The molecule has 2 aromatic heterocycles. The van der Waals surface area contributed by atoms with Crippen LogP contribution >= 0.6 is 0 Å². The zero-order valence-electron chi connectivity index (χ0n) is 20.5. The summed E-state index contributed by atoms with van der Waals surface area (Å²) in [5, 5.41) is 0. The molecular formula is C24H28F2N8O4. The summed E-state index contributed by atoms with van der Waals surface area (Å²) in [6.45, 7) is 2.12. The summed E-state index contributed by atoms with van der Waals surface area (Å²) in [4.78, 5) is 30.4. The van der Waals surface area contributed by atoms with E-state index in [0.29, 0.717) is 69.0 Å². The Balaban J connectivity index is 1.42. The molecule has 1 saturated heterocycles. The molecule has 0 bridgehead atoms. The van der Waals surface area contributed by atoms with Crippen LogP contribution in [0.2, 0.25) is 0 Å². The maximum Gasteiger partial charge on any atom is 0.437 e. The van der Waals surface area contributed by atoms with Gasteiger partial charge in [-0.15, -0.1) is 4.99 Å². The van der Waals surface area contributed by atoms with Gasteiger partial charge >= 0.3 is 6.09 Å². The maximum absolute atomic E-state index is 14.0. The third-order valence-corrected chi connectivity index (χ3v) is 6.38. The summed E-state index contributed by atoms with van der Waals surface area (Å²) in [5.41, 5.74) is 11.4. The summed E-state index contributed by atoms with van der Waals surface area (Å²) < 4.78 is 46.3. The van der Waals surface area contributed by atoms with Crippen molar-refractivity contribution in [1.82, 2.24) is 19.5 Å². The fourth-order valence-corrected chi connectivity index (χ4v) is 4.63. The van der Waals surface area contributed by atoms with E-state index in [1.54, 1.807) is 30.3 Å². The molecule has 0 unspecified atom stereocenters. The number of nitrogens with two attached hydrogens (primary N) is 2. The van der Waals surface area contributed by atoms with E-state index in [0.717, 1.165) is 0 Å². The van der Waals surface area contributed by atoms with E-state index in [2.05, 4.69) is 19.9 Å². The van der Waals surface area contributed by atoms with Gasteiger partial charge in [-0.2, -0.15) is 9.97 Å². The lowest BCUT2D eigenvalue weighted by molar-refractivity contribution is 0.0457. The summed E-state index contributed by atoms with van der Waals surface area (Å²) in [7, 11) is 0. The second kappa shape index (κ2) is 11.1. The molecule has 5 rings (SSSR count). The van der Waals surface area contributed by atoms with Crippen molar-refractivity contribution in [2.45, 2.75) is 44.3 Å². The molecule has 1 amide bonds. The van der Waals surface area contributed by atoms with E-state index in [9.17, 15) is 13.6 Å². The fraction of sp³-hybridized carbons (Fsp3) is 0.458. The number of benzene rings is 1. The van der Waals surface area contributed by atoms with Crippen LogP contribution in [0.1, 0.15) is 37.9 Å². The number of ether oxygens (including phenoxy) is 3. The van der Waals surface area contributed by atoms with Gasteiger partial charge in [0, 0.05) is 19.2 Å². The van der Waals surface area contributed by atoms with Crippen molar-refractivity contribution < 1.29 is 27.8 Å². The molecule has 1 aliphatic carbocycles. The molecule has 14 heteroatoms. The zero-order chi connectivity index (χ0) is 26.6. The largest absolute Gasteiger partial charge is 0.474 e. The van der Waals surface area contributed by atoms with E-state index < -0.39 is 18.3 Å². The van der Waals surface area contributed by atoms with E-state index in [4.69, 9.17) is 25.7 Å². The zero-order valence-corrected chi connectivity index (χ0v) is 20.5. The number of imidazole rings is 1. The number of hydrogen-bond donors (Lipinski definition) is 2. The SMILES string of the molecule is NC(N)=NC(=O)OC1CCC(Oc2cc(-n3c(C(F)F)nc4ccccc43)nc(N3CCOCC3)n2)CC1. The minimum Gasteiger partial charge on any atom is -0.474 e. The Hall–Kier alpha value is -4.07. The van der Waals surface area contributed by atoms with Crippen molar-refractivity contribution in [3.8, 4) is 11.7 Å². The Morgan fingerprint density at radius 3 is 2.47 bits per heavy atom. The van der Waals surface area contributed by atoms with Crippen molar-refractivity contribution in [3.63, 3.8) is 0 Å². The third kappa shape index (κ3) is 5.74. The summed E-state index contributed by atoms with van der Waals surface area (Å²) in [6, 6.07) is 8.45. The predicted octanol–water partition coefficient (Wildman–Crippen LogP) is 2.69. The summed E-state index contributed by atoms with van der Waals surface area (Å²) in [6.07, 6.45) is -1.93. The van der Waals surface area contributed by atoms with Gasteiger partial charge in [0.1, 0.15) is 18.0 Å². The van der Waals surface area contributed by atoms with Crippen LogP contribution in [-0.4, -0.2) is 70.1 Å². The molecule has 0 spiro atoms. The topological polar surface area (TPSA) is 156 Å². The van der Waals surface area contributed by atoms with Gasteiger partial charge in [-0.3, -0.25) is 4.57 Å². The first kappa shape index (κ1) is 25.6. The number of halogens is 2. The lowest BCUT2D eigenvalue weighted by atomic mass is 9.95. The molecule has 1 aromatic carbocycles. The standard InChI is InChI=1S/C24H28F2N8O4/c25-20(26)21-29-16-3-1-2-4-17(16)34(21)18-13-19(31-23(30-18)33-9-11-36-12-10-33)37-14-5-7-15(8-6-14)38-24(35)32-22(27)28/h1-4,13-15,20H,5-12H2,(H4,27,28,32,35). The van der Waals surface area contributed by atoms with Gasteiger partial charge in [0.2, 0.25) is 11.8 Å². The van der Waals surface area contributed by atoms with Crippen LogP contribution in [-0.2, 0) is 9.47 Å². The molecule has 1 aliphatic heterocycles. The predicted molar refractivity (Wildman–Crippen MR) is 134 cm³/mol. The Bertz CT molecular complexity index is 1320. The molecule has 1 saturated carbocycles. The van der Waals surface area contributed by atoms with Crippen molar-refractivity contribution in [1.29, 1.82) is 0 Å². The van der Waals surface area contributed by atoms with Gasteiger partial charge in [0.25, 0.3) is 6.43 Å².